The number of rotatable bonds is 5. The second-order valence-electron chi connectivity index (χ2n) is 5.02. The van der Waals surface area contributed by atoms with Crippen LogP contribution in [0.5, 0.6) is 0 Å². The van der Waals surface area contributed by atoms with E-state index in [0.29, 0.717) is 13.0 Å². The van der Waals surface area contributed by atoms with Crippen molar-refractivity contribution in [1.29, 1.82) is 0 Å². The number of hydrogen-bond donors (Lipinski definition) is 1. The highest BCUT2D eigenvalue weighted by molar-refractivity contribution is 8.13. The van der Waals surface area contributed by atoms with Crippen molar-refractivity contribution >= 4 is 25.7 Å². The maximum absolute atomic E-state index is 12.1. The second kappa shape index (κ2) is 6.81. The quantitative estimate of drug-likeness (QED) is 0.657. The van der Waals surface area contributed by atoms with Crippen LogP contribution in [0.25, 0.3) is 0 Å². The first-order valence-corrected chi connectivity index (χ1v) is 9.28. The number of hydrogen-bond acceptors (Lipinski definition) is 5. The van der Waals surface area contributed by atoms with Crippen LogP contribution in [0.4, 0.5) is 0 Å². The van der Waals surface area contributed by atoms with Gasteiger partial charge in [0.15, 0.2) is 0 Å². The molecule has 21 heavy (non-hydrogen) atoms. The molecule has 1 aliphatic rings. The first-order valence-electron chi connectivity index (χ1n) is 6.98. The van der Waals surface area contributed by atoms with Crippen LogP contribution < -0.4 is 5.32 Å². The van der Waals surface area contributed by atoms with Crippen LogP contribution in [-0.2, 0) is 13.8 Å². The number of esters is 1. The molecule has 118 valence electrons. The molecule has 1 N–H and O–H groups in total. The highest BCUT2D eigenvalue weighted by Gasteiger charge is 2.25. The Morgan fingerprint density at radius 1 is 1.48 bits per heavy atom. The van der Waals surface area contributed by atoms with E-state index in [1.54, 1.807) is 4.57 Å². The van der Waals surface area contributed by atoms with Crippen molar-refractivity contribution in [3.63, 3.8) is 0 Å². The van der Waals surface area contributed by atoms with Crippen LogP contribution in [0.3, 0.4) is 0 Å². The van der Waals surface area contributed by atoms with E-state index < -0.39 is 15.0 Å². The highest BCUT2D eigenvalue weighted by Crippen LogP contribution is 2.27. The van der Waals surface area contributed by atoms with E-state index >= 15 is 0 Å². The van der Waals surface area contributed by atoms with Gasteiger partial charge in [0.05, 0.1) is 6.61 Å². The standard InChI is InChI=1S/C13H19ClN2O4S/c1-2-7-20-13(17)12-8-11(21(14,18)19)9-16(12)10-3-5-15-6-4-10/h8-10,15H,2-7H2,1H3. The molecular weight excluding hydrogens is 316 g/mol. The monoisotopic (exact) mass is 334 g/mol. The average Bonchev–Trinajstić information content (AvgIpc) is 2.91. The Morgan fingerprint density at radius 3 is 2.71 bits per heavy atom. The molecule has 0 bridgehead atoms. The largest absolute Gasteiger partial charge is 0.461 e. The topological polar surface area (TPSA) is 77.4 Å². The van der Waals surface area contributed by atoms with Crippen molar-refractivity contribution in [2.75, 3.05) is 19.7 Å². The van der Waals surface area contributed by atoms with Gasteiger partial charge in [0.2, 0.25) is 0 Å². The maximum Gasteiger partial charge on any atom is 0.354 e. The normalized spacial score (nSPS) is 16.9. The summed E-state index contributed by atoms with van der Waals surface area (Å²) in [4.78, 5) is 12.0. The lowest BCUT2D eigenvalue weighted by molar-refractivity contribution is 0.0488. The molecule has 0 aromatic carbocycles. The molecule has 1 aliphatic heterocycles. The number of nitrogens with zero attached hydrogens (tertiary/aromatic N) is 1. The summed E-state index contributed by atoms with van der Waals surface area (Å²) in [5, 5.41) is 3.23. The van der Waals surface area contributed by atoms with Crippen LogP contribution in [0.1, 0.15) is 42.7 Å². The van der Waals surface area contributed by atoms with Crippen LogP contribution in [-0.4, -0.2) is 38.7 Å². The molecule has 8 heteroatoms. The van der Waals surface area contributed by atoms with Gasteiger partial charge in [-0.1, -0.05) is 6.92 Å². The maximum atomic E-state index is 12.1. The van der Waals surface area contributed by atoms with Gasteiger partial charge in [0.1, 0.15) is 10.6 Å². The van der Waals surface area contributed by atoms with Gasteiger partial charge in [-0.25, -0.2) is 13.2 Å². The Morgan fingerprint density at radius 2 is 2.14 bits per heavy atom. The van der Waals surface area contributed by atoms with E-state index in [9.17, 15) is 13.2 Å². The second-order valence-corrected chi connectivity index (χ2v) is 7.59. The van der Waals surface area contributed by atoms with E-state index in [0.717, 1.165) is 25.9 Å². The Kier molecular flexibility index (Phi) is 5.29. The van der Waals surface area contributed by atoms with Gasteiger partial charge in [0, 0.05) is 22.9 Å². The van der Waals surface area contributed by atoms with Crippen molar-refractivity contribution < 1.29 is 17.9 Å². The van der Waals surface area contributed by atoms with Gasteiger partial charge < -0.3 is 14.6 Å². The fourth-order valence-corrected chi connectivity index (χ4v) is 3.15. The Bertz CT molecular complexity index is 606. The van der Waals surface area contributed by atoms with Crippen molar-refractivity contribution in [2.45, 2.75) is 37.1 Å². The van der Waals surface area contributed by atoms with Crippen LogP contribution in [0, 0.1) is 0 Å². The summed E-state index contributed by atoms with van der Waals surface area (Å²) >= 11 is 0. The van der Waals surface area contributed by atoms with Gasteiger partial charge in [0.25, 0.3) is 9.05 Å². The molecule has 0 radical (unpaired) electrons. The minimum atomic E-state index is -3.87. The Hall–Kier alpha value is -1.05. The molecule has 0 amide bonds. The van der Waals surface area contributed by atoms with Crippen molar-refractivity contribution in [3.05, 3.63) is 18.0 Å². The van der Waals surface area contributed by atoms with Gasteiger partial charge >= 0.3 is 5.97 Å². The zero-order chi connectivity index (χ0) is 15.5. The molecule has 1 aromatic rings. The first kappa shape index (κ1) is 16.3. The summed E-state index contributed by atoms with van der Waals surface area (Å²) in [6.07, 6.45) is 3.79. The number of carbonyl (C=O) groups excluding carboxylic acids is 1. The van der Waals surface area contributed by atoms with E-state index in [4.69, 9.17) is 15.4 Å². The molecule has 6 nitrogen and oxygen atoms in total. The number of nitrogens with one attached hydrogen (secondary N) is 1. The van der Waals surface area contributed by atoms with Crippen molar-refractivity contribution in [1.82, 2.24) is 9.88 Å². The third-order valence-corrected chi connectivity index (χ3v) is 4.77. The van der Waals surface area contributed by atoms with E-state index in [-0.39, 0.29) is 16.6 Å². The smallest absolute Gasteiger partial charge is 0.354 e. The summed E-state index contributed by atoms with van der Waals surface area (Å²) < 4.78 is 29.8. The molecule has 1 fully saturated rings. The fraction of sp³-hybridized carbons (Fsp3) is 0.615. The van der Waals surface area contributed by atoms with Gasteiger partial charge in [-0.2, -0.15) is 0 Å². The van der Waals surface area contributed by atoms with Crippen LogP contribution in [0.2, 0.25) is 0 Å². The molecule has 2 heterocycles. The lowest BCUT2D eigenvalue weighted by Gasteiger charge is -2.25. The number of piperidine rings is 1. The lowest BCUT2D eigenvalue weighted by atomic mass is 10.1. The summed E-state index contributed by atoms with van der Waals surface area (Å²) in [6, 6.07) is 1.37. The van der Waals surface area contributed by atoms with Gasteiger partial charge in [-0.05, 0) is 38.4 Å². The first-order chi connectivity index (χ1) is 9.93. The molecule has 0 spiro atoms. The SMILES string of the molecule is CCCOC(=O)c1cc(S(=O)(=O)Cl)cn1C1CCNCC1. The number of aromatic nitrogens is 1. The van der Waals surface area contributed by atoms with E-state index in [1.807, 2.05) is 6.92 Å². The van der Waals surface area contributed by atoms with E-state index in [1.165, 1.54) is 12.3 Å². The third kappa shape index (κ3) is 3.99. The Labute approximate surface area is 128 Å². The fourth-order valence-electron chi connectivity index (χ4n) is 2.41. The number of carbonyl (C=O) groups is 1. The summed E-state index contributed by atoms with van der Waals surface area (Å²) in [5.41, 5.74) is 0.245. The van der Waals surface area contributed by atoms with Crippen LogP contribution >= 0.6 is 10.7 Å². The summed E-state index contributed by atoms with van der Waals surface area (Å²) in [6.45, 7) is 3.86. The Balaban J connectivity index is 2.35. The van der Waals surface area contributed by atoms with E-state index in [2.05, 4.69) is 5.32 Å². The molecule has 2 rings (SSSR count). The number of ether oxygens (including phenoxy) is 1. The summed E-state index contributed by atoms with van der Waals surface area (Å²) in [5.74, 6) is -0.512. The highest BCUT2D eigenvalue weighted by atomic mass is 35.7. The minimum absolute atomic E-state index is 0.0638. The third-order valence-electron chi connectivity index (χ3n) is 3.45. The van der Waals surface area contributed by atoms with Crippen molar-refractivity contribution in [2.24, 2.45) is 0 Å². The minimum Gasteiger partial charge on any atom is -0.461 e. The van der Waals surface area contributed by atoms with Crippen molar-refractivity contribution in [3.8, 4) is 0 Å². The number of halogens is 1. The molecule has 0 atom stereocenters. The molecular formula is C13H19ClN2O4S. The van der Waals surface area contributed by atoms with Gasteiger partial charge in [-0.3, -0.25) is 0 Å². The summed E-state index contributed by atoms with van der Waals surface area (Å²) in [7, 11) is 1.52. The molecule has 0 aliphatic carbocycles. The zero-order valence-electron chi connectivity index (χ0n) is 11.8. The molecule has 0 unspecified atom stereocenters. The lowest BCUT2D eigenvalue weighted by Crippen LogP contribution is -2.30. The van der Waals surface area contributed by atoms with Gasteiger partial charge in [-0.15, -0.1) is 0 Å². The average molecular weight is 335 g/mol. The molecule has 1 aromatic heterocycles. The predicted octanol–water partition coefficient (Wildman–Crippen LogP) is 1.91. The molecule has 0 saturated carbocycles. The van der Waals surface area contributed by atoms with Crippen LogP contribution in [0.15, 0.2) is 17.2 Å². The predicted molar refractivity (Wildman–Crippen MR) is 79.2 cm³/mol. The zero-order valence-corrected chi connectivity index (χ0v) is 13.4. The molecule has 1 saturated heterocycles.